The van der Waals surface area contributed by atoms with E-state index in [4.69, 9.17) is 9.05 Å². The first-order chi connectivity index (χ1) is 9.88. The van der Waals surface area contributed by atoms with Crippen LogP contribution in [0.25, 0.3) is 0 Å². The lowest BCUT2D eigenvalue weighted by Gasteiger charge is -2.14. The lowest BCUT2D eigenvalue weighted by Crippen LogP contribution is -2.27. The van der Waals surface area contributed by atoms with Crippen molar-refractivity contribution in [3.05, 3.63) is 28.7 Å². The zero-order chi connectivity index (χ0) is 15.6. The maximum Gasteiger partial charge on any atom is 0.259 e. The van der Waals surface area contributed by atoms with Crippen LogP contribution in [0.15, 0.2) is 9.05 Å². The highest BCUT2D eigenvalue weighted by Gasteiger charge is 2.22. The molecular weight excluding hydrogens is 272 g/mol. The van der Waals surface area contributed by atoms with Crippen molar-refractivity contribution in [1.29, 1.82) is 0 Å². The molecule has 0 aliphatic carbocycles. The Morgan fingerprint density at radius 2 is 1.95 bits per heavy atom. The summed E-state index contributed by atoms with van der Waals surface area (Å²) in [5.41, 5.74) is 1.07. The molecule has 0 spiro atoms. The van der Waals surface area contributed by atoms with Crippen LogP contribution in [0.4, 0.5) is 0 Å². The minimum Gasteiger partial charge on any atom is -0.361 e. The molecular formula is C14H20N4O3. The summed E-state index contributed by atoms with van der Waals surface area (Å²) in [4.78, 5) is 18.2. The quantitative estimate of drug-likeness (QED) is 0.839. The number of rotatable bonds is 5. The van der Waals surface area contributed by atoms with Crippen molar-refractivity contribution in [2.45, 2.75) is 40.7 Å². The van der Waals surface area contributed by atoms with Crippen LogP contribution < -0.4 is 0 Å². The zero-order valence-electron chi connectivity index (χ0n) is 13.0. The largest absolute Gasteiger partial charge is 0.361 e. The van der Waals surface area contributed by atoms with Gasteiger partial charge in [0.25, 0.3) is 5.91 Å². The minimum atomic E-state index is -0.165. The van der Waals surface area contributed by atoms with E-state index in [-0.39, 0.29) is 12.5 Å². The van der Waals surface area contributed by atoms with Crippen molar-refractivity contribution >= 4 is 5.91 Å². The molecule has 7 heteroatoms. The van der Waals surface area contributed by atoms with Crippen molar-refractivity contribution in [2.24, 2.45) is 5.92 Å². The van der Waals surface area contributed by atoms with Crippen molar-refractivity contribution in [1.82, 2.24) is 20.2 Å². The molecule has 21 heavy (non-hydrogen) atoms. The smallest absolute Gasteiger partial charge is 0.259 e. The lowest BCUT2D eigenvalue weighted by molar-refractivity contribution is 0.0778. The van der Waals surface area contributed by atoms with Crippen molar-refractivity contribution < 1.29 is 13.8 Å². The number of aromatic nitrogens is 3. The van der Waals surface area contributed by atoms with Crippen LogP contribution in [0.1, 0.15) is 47.4 Å². The number of carbonyl (C=O) groups excluding carboxylic acids is 1. The van der Waals surface area contributed by atoms with Gasteiger partial charge in [-0.1, -0.05) is 24.2 Å². The Hall–Kier alpha value is -2.18. The molecule has 0 bridgehead atoms. The molecule has 2 aromatic rings. The Kier molecular flexibility index (Phi) is 4.40. The van der Waals surface area contributed by atoms with Crippen LogP contribution in [0.2, 0.25) is 0 Å². The Morgan fingerprint density at radius 1 is 1.24 bits per heavy atom. The molecule has 1 amide bonds. The fourth-order valence-electron chi connectivity index (χ4n) is 2.05. The predicted octanol–water partition coefficient (Wildman–Crippen LogP) is 2.15. The van der Waals surface area contributed by atoms with E-state index >= 15 is 0 Å². The summed E-state index contributed by atoms with van der Waals surface area (Å²) in [6, 6.07) is 0. The van der Waals surface area contributed by atoms with Gasteiger partial charge in [0.15, 0.2) is 5.82 Å². The van der Waals surface area contributed by atoms with E-state index in [1.165, 1.54) is 4.90 Å². The van der Waals surface area contributed by atoms with E-state index in [0.717, 1.165) is 6.42 Å². The van der Waals surface area contributed by atoms with Gasteiger partial charge in [-0.3, -0.25) is 4.79 Å². The summed E-state index contributed by atoms with van der Waals surface area (Å²) in [5, 5.41) is 7.69. The summed E-state index contributed by atoms with van der Waals surface area (Å²) in [6.07, 6.45) is 0.731. The molecule has 0 aromatic carbocycles. The number of amides is 1. The first-order valence-electron chi connectivity index (χ1n) is 6.88. The fraction of sp³-hybridized carbons (Fsp3) is 0.571. The molecule has 0 atom stereocenters. The van der Waals surface area contributed by atoms with Gasteiger partial charge < -0.3 is 13.9 Å². The molecule has 0 unspecified atom stereocenters. The molecule has 0 saturated heterocycles. The molecule has 2 heterocycles. The zero-order valence-corrected chi connectivity index (χ0v) is 13.0. The third-order valence-corrected chi connectivity index (χ3v) is 3.07. The minimum absolute atomic E-state index is 0.165. The third-order valence-electron chi connectivity index (χ3n) is 3.07. The summed E-state index contributed by atoms with van der Waals surface area (Å²) in [6.45, 7) is 7.90. The Bertz CT molecular complexity index is 610. The standard InChI is InChI=1S/C14H20N4O3/c1-8(2)6-12-15-11(17-21-12)7-18(5)14(19)13-9(3)16-20-10(13)4/h8H,6-7H2,1-5H3. The van der Waals surface area contributed by atoms with Gasteiger partial charge in [-0.05, 0) is 19.8 Å². The average Bonchev–Trinajstić information content (AvgIpc) is 2.95. The van der Waals surface area contributed by atoms with Gasteiger partial charge in [-0.2, -0.15) is 4.98 Å². The molecule has 114 valence electrons. The van der Waals surface area contributed by atoms with Crippen LogP contribution >= 0.6 is 0 Å². The molecule has 7 nitrogen and oxygen atoms in total. The normalized spacial score (nSPS) is 11.1. The highest BCUT2D eigenvalue weighted by atomic mass is 16.5. The molecule has 0 aliphatic rings. The predicted molar refractivity (Wildman–Crippen MR) is 74.6 cm³/mol. The number of hydrogen-bond donors (Lipinski definition) is 0. The van der Waals surface area contributed by atoms with Crippen LogP contribution in [0.3, 0.4) is 0 Å². The van der Waals surface area contributed by atoms with E-state index in [0.29, 0.717) is 34.7 Å². The molecule has 0 fully saturated rings. The Balaban J connectivity index is 2.06. The topological polar surface area (TPSA) is 85.3 Å². The van der Waals surface area contributed by atoms with Gasteiger partial charge in [0.2, 0.25) is 5.89 Å². The number of nitrogens with zero attached hydrogens (tertiary/aromatic N) is 4. The SMILES string of the molecule is Cc1noc(C)c1C(=O)N(C)Cc1noc(CC(C)C)n1. The summed E-state index contributed by atoms with van der Waals surface area (Å²) in [5.74, 6) is 1.88. The van der Waals surface area contributed by atoms with E-state index in [9.17, 15) is 4.79 Å². The second-order valence-corrected chi connectivity index (χ2v) is 5.56. The van der Waals surface area contributed by atoms with Crippen LogP contribution in [0.5, 0.6) is 0 Å². The van der Waals surface area contributed by atoms with Crippen molar-refractivity contribution in [3.63, 3.8) is 0 Å². The molecule has 2 rings (SSSR count). The van der Waals surface area contributed by atoms with Crippen LogP contribution in [0, 0.1) is 19.8 Å². The highest BCUT2D eigenvalue weighted by molar-refractivity contribution is 5.95. The number of hydrogen-bond acceptors (Lipinski definition) is 6. The second-order valence-electron chi connectivity index (χ2n) is 5.56. The third kappa shape index (κ3) is 3.48. The van der Waals surface area contributed by atoms with Gasteiger partial charge >= 0.3 is 0 Å². The number of carbonyl (C=O) groups is 1. The van der Waals surface area contributed by atoms with E-state index < -0.39 is 0 Å². The molecule has 0 saturated carbocycles. The monoisotopic (exact) mass is 292 g/mol. The Morgan fingerprint density at radius 3 is 2.52 bits per heavy atom. The summed E-state index contributed by atoms with van der Waals surface area (Å²) >= 11 is 0. The first-order valence-corrected chi connectivity index (χ1v) is 6.88. The first kappa shape index (κ1) is 15.2. The fourth-order valence-corrected chi connectivity index (χ4v) is 2.05. The van der Waals surface area contributed by atoms with E-state index in [1.807, 2.05) is 0 Å². The molecule has 0 aliphatic heterocycles. The van der Waals surface area contributed by atoms with Gasteiger partial charge in [0.1, 0.15) is 11.3 Å². The van der Waals surface area contributed by atoms with Crippen molar-refractivity contribution in [3.8, 4) is 0 Å². The average molecular weight is 292 g/mol. The van der Waals surface area contributed by atoms with Gasteiger partial charge in [0.05, 0.1) is 12.2 Å². The van der Waals surface area contributed by atoms with E-state index in [1.54, 1.807) is 20.9 Å². The maximum atomic E-state index is 12.4. The molecule has 2 aromatic heterocycles. The lowest BCUT2D eigenvalue weighted by atomic mass is 10.1. The summed E-state index contributed by atoms with van der Waals surface area (Å²) in [7, 11) is 1.69. The van der Waals surface area contributed by atoms with Crippen molar-refractivity contribution in [2.75, 3.05) is 7.05 Å². The van der Waals surface area contributed by atoms with Gasteiger partial charge in [-0.25, -0.2) is 0 Å². The van der Waals surface area contributed by atoms with Gasteiger partial charge in [-0.15, -0.1) is 0 Å². The Labute approximate surface area is 123 Å². The second kappa shape index (κ2) is 6.07. The maximum absolute atomic E-state index is 12.4. The molecule has 0 N–H and O–H groups in total. The van der Waals surface area contributed by atoms with Crippen LogP contribution in [-0.2, 0) is 13.0 Å². The van der Waals surface area contributed by atoms with Gasteiger partial charge in [0, 0.05) is 13.5 Å². The van der Waals surface area contributed by atoms with E-state index in [2.05, 4.69) is 29.1 Å². The molecule has 0 radical (unpaired) electrons. The van der Waals surface area contributed by atoms with Crippen LogP contribution in [-0.4, -0.2) is 33.2 Å². The summed E-state index contributed by atoms with van der Waals surface area (Å²) < 4.78 is 10.2. The highest BCUT2D eigenvalue weighted by Crippen LogP contribution is 2.15. The number of aryl methyl sites for hydroxylation is 2.